The summed E-state index contributed by atoms with van der Waals surface area (Å²) in [5, 5.41) is 12.1. The molecule has 18 heavy (non-hydrogen) atoms. The Kier molecular flexibility index (Phi) is 3.52. The molecule has 5 heteroatoms. The van der Waals surface area contributed by atoms with Crippen LogP contribution in [-0.2, 0) is 4.74 Å². The van der Waals surface area contributed by atoms with Crippen LogP contribution in [0.5, 0.6) is 0 Å². The van der Waals surface area contributed by atoms with Crippen molar-refractivity contribution in [2.75, 3.05) is 18.5 Å². The molecule has 1 aliphatic rings. The molecule has 5 nitrogen and oxygen atoms in total. The molecule has 2 N–H and O–H groups in total. The van der Waals surface area contributed by atoms with Crippen LogP contribution in [0.15, 0.2) is 12.1 Å². The Bertz CT molecular complexity index is 454. The summed E-state index contributed by atoms with van der Waals surface area (Å²) >= 11 is 0. The summed E-state index contributed by atoms with van der Waals surface area (Å²) in [5.41, 5.74) is 0.620. The number of ether oxygens (including phenoxy) is 1. The molecule has 0 amide bonds. The number of aromatic carboxylic acids is 1. The smallest absolute Gasteiger partial charge is 0.337 e. The highest BCUT2D eigenvalue weighted by molar-refractivity contribution is 5.89. The van der Waals surface area contributed by atoms with Gasteiger partial charge in [0.15, 0.2) is 0 Å². The molecule has 1 saturated heterocycles. The summed E-state index contributed by atoms with van der Waals surface area (Å²) in [4.78, 5) is 15.1. The second kappa shape index (κ2) is 4.94. The van der Waals surface area contributed by atoms with Gasteiger partial charge in [-0.15, -0.1) is 0 Å². The van der Waals surface area contributed by atoms with E-state index in [0.717, 1.165) is 19.4 Å². The monoisotopic (exact) mass is 250 g/mol. The molecule has 1 atom stereocenters. The van der Waals surface area contributed by atoms with Crippen molar-refractivity contribution >= 4 is 11.8 Å². The first-order valence-electron chi connectivity index (χ1n) is 6.09. The lowest BCUT2D eigenvalue weighted by atomic mass is 10.0. The van der Waals surface area contributed by atoms with Crippen molar-refractivity contribution in [1.29, 1.82) is 0 Å². The molecule has 0 saturated carbocycles. The van der Waals surface area contributed by atoms with Crippen LogP contribution in [0.3, 0.4) is 0 Å². The zero-order chi connectivity index (χ0) is 13.2. The Morgan fingerprint density at radius 3 is 2.94 bits per heavy atom. The fourth-order valence-electron chi connectivity index (χ4n) is 2.14. The van der Waals surface area contributed by atoms with Crippen LogP contribution in [0.1, 0.15) is 35.8 Å². The largest absolute Gasteiger partial charge is 0.478 e. The second-order valence-corrected chi connectivity index (χ2v) is 4.89. The lowest BCUT2D eigenvalue weighted by Gasteiger charge is -2.23. The minimum atomic E-state index is -0.947. The fraction of sp³-hybridized carbons (Fsp3) is 0.538. The molecule has 1 fully saturated rings. The molecule has 98 valence electrons. The SMILES string of the molecule is Cc1nc(NCC2(C)CCCO2)ccc1C(=O)O. The average molecular weight is 250 g/mol. The minimum absolute atomic E-state index is 0.138. The van der Waals surface area contributed by atoms with Gasteiger partial charge in [0.1, 0.15) is 5.82 Å². The summed E-state index contributed by atoms with van der Waals surface area (Å²) in [7, 11) is 0. The number of carbonyl (C=O) groups is 1. The van der Waals surface area contributed by atoms with E-state index in [9.17, 15) is 4.79 Å². The zero-order valence-corrected chi connectivity index (χ0v) is 10.7. The lowest BCUT2D eigenvalue weighted by Crippen LogP contribution is -2.32. The summed E-state index contributed by atoms with van der Waals surface area (Å²) in [6, 6.07) is 3.26. The van der Waals surface area contributed by atoms with Crippen molar-refractivity contribution in [2.45, 2.75) is 32.3 Å². The maximum Gasteiger partial charge on any atom is 0.337 e. The van der Waals surface area contributed by atoms with Crippen molar-refractivity contribution in [3.8, 4) is 0 Å². The van der Waals surface area contributed by atoms with Gasteiger partial charge in [-0.05, 0) is 38.8 Å². The van der Waals surface area contributed by atoms with E-state index in [-0.39, 0.29) is 11.2 Å². The number of rotatable bonds is 4. The highest BCUT2D eigenvalue weighted by Crippen LogP contribution is 2.25. The first-order valence-corrected chi connectivity index (χ1v) is 6.09. The Hall–Kier alpha value is -1.62. The van der Waals surface area contributed by atoms with E-state index in [4.69, 9.17) is 9.84 Å². The number of aromatic nitrogens is 1. The van der Waals surface area contributed by atoms with E-state index in [1.807, 2.05) is 0 Å². The number of nitrogens with one attached hydrogen (secondary N) is 1. The van der Waals surface area contributed by atoms with Crippen LogP contribution in [0.2, 0.25) is 0 Å². The first kappa shape index (κ1) is 12.8. The van der Waals surface area contributed by atoms with Gasteiger partial charge in [0.25, 0.3) is 0 Å². The molecule has 2 rings (SSSR count). The normalized spacial score (nSPS) is 23.0. The number of anilines is 1. The quantitative estimate of drug-likeness (QED) is 0.856. The standard InChI is InChI=1S/C13H18N2O3/c1-9-10(12(16)17)4-5-11(15-9)14-8-13(2)6-3-7-18-13/h4-5H,3,6-8H2,1-2H3,(H,14,15)(H,16,17). The molecule has 0 bridgehead atoms. The molecule has 0 aliphatic carbocycles. The van der Waals surface area contributed by atoms with Crippen LogP contribution in [0.25, 0.3) is 0 Å². The third-order valence-electron chi connectivity index (χ3n) is 3.26. The molecular weight excluding hydrogens is 232 g/mol. The van der Waals surface area contributed by atoms with E-state index < -0.39 is 5.97 Å². The highest BCUT2D eigenvalue weighted by atomic mass is 16.5. The number of hydrogen-bond acceptors (Lipinski definition) is 4. The Morgan fingerprint density at radius 1 is 1.61 bits per heavy atom. The maximum absolute atomic E-state index is 10.9. The molecule has 0 radical (unpaired) electrons. The number of hydrogen-bond donors (Lipinski definition) is 2. The molecular formula is C13H18N2O3. The topological polar surface area (TPSA) is 71.5 Å². The summed E-state index contributed by atoms with van der Waals surface area (Å²) in [5.74, 6) is -0.258. The molecule has 1 aliphatic heterocycles. The average Bonchev–Trinajstić information content (AvgIpc) is 2.74. The van der Waals surface area contributed by atoms with Crippen molar-refractivity contribution in [1.82, 2.24) is 4.98 Å². The highest BCUT2D eigenvalue weighted by Gasteiger charge is 2.29. The summed E-state index contributed by atoms with van der Waals surface area (Å²) < 4.78 is 5.67. The number of pyridine rings is 1. The Morgan fingerprint density at radius 2 is 2.39 bits per heavy atom. The van der Waals surface area contributed by atoms with Gasteiger partial charge < -0.3 is 15.2 Å². The molecule has 2 heterocycles. The predicted octanol–water partition coefficient (Wildman–Crippen LogP) is 2.07. The second-order valence-electron chi connectivity index (χ2n) is 4.89. The van der Waals surface area contributed by atoms with Gasteiger partial charge in [0.05, 0.1) is 16.9 Å². The summed E-state index contributed by atoms with van der Waals surface area (Å²) in [6.07, 6.45) is 2.12. The van der Waals surface area contributed by atoms with Crippen LogP contribution in [0.4, 0.5) is 5.82 Å². The van der Waals surface area contributed by atoms with Crippen LogP contribution in [0, 0.1) is 6.92 Å². The fourth-order valence-corrected chi connectivity index (χ4v) is 2.14. The van der Waals surface area contributed by atoms with E-state index in [1.165, 1.54) is 0 Å². The van der Waals surface area contributed by atoms with Gasteiger partial charge in [-0.2, -0.15) is 0 Å². The van der Waals surface area contributed by atoms with Gasteiger partial charge in [-0.25, -0.2) is 9.78 Å². The lowest BCUT2D eigenvalue weighted by molar-refractivity contribution is 0.0314. The van der Waals surface area contributed by atoms with E-state index in [1.54, 1.807) is 19.1 Å². The summed E-state index contributed by atoms with van der Waals surface area (Å²) in [6.45, 7) is 5.27. The van der Waals surface area contributed by atoms with E-state index >= 15 is 0 Å². The van der Waals surface area contributed by atoms with Gasteiger partial charge in [-0.3, -0.25) is 0 Å². The predicted molar refractivity (Wildman–Crippen MR) is 68.0 cm³/mol. The van der Waals surface area contributed by atoms with E-state index in [0.29, 0.717) is 18.1 Å². The Balaban J connectivity index is 2.02. The maximum atomic E-state index is 10.9. The van der Waals surface area contributed by atoms with Crippen LogP contribution < -0.4 is 5.32 Å². The Labute approximate surface area is 106 Å². The van der Waals surface area contributed by atoms with Crippen molar-refractivity contribution in [3.63, 3.8) is 0 Å². The third kappa shape index (κ3) is 2.79. The third-order valence-corrected chi connectivity index (χ3v) is 3.26. The molecule has 1 aromatic heterocycles. The van der Waals surface area contributed by atoms with Crippen molar-refractivity contribution < 1.29 is 14.6 Å². The van der Waals surface area contributed by atoms with Gasteiger partial charge >= 0.3 is 5.97 Å². The van der Waals surface area contributed by atoms with Crippen LogP contribution in [-0.4, -0.2) is 34.8 Å². The number of carboxylic acids is 1. The molecule has 1 aromatic rings. The zero-order valence-electron chi connectivity index (χ0n) is 10.7. The van der Waals surface area contributed by atoms with Gasteiger partial charge in [0, 0.05) is 13.2 Å². The van der Waals surface area contributed by atoms with Gasteiger partial charge in [0.2, 0.25) is 0 Å². The minimum Gasteiger partial charge on any atom is -0.478 e. The number of carboxylic acid groups (broad SMARTS) is 1. The van der Waals surface area contributed by atoms with Crippen molar-refractivity contribution in [2.24, 2.45) is 0 Å². The molecule has 0 spiro atoms. The number of nitrogens with zero attached hydrogens (tertiary/aromatic N) is 1. The molecule has 1 unspecified atom stereocenters. The van der Waals surface area contributed by atoms with E-state index in [2.05, 4.69) is 17.2 Å². The first-order chi connectivity index (χ1) is 8.50. The van der Waals surface area contributed by atoms with Crippen molar-refractivity contribution in [3.05, 3.63) is 23.4 Å². The number of aryl methyl sites for hydroxylation is 1. The van der Waals surface area contributed by atoms with Gasteiger partial charge in [-0.1, -0.05) is 0 Å². The van der Waals surface area contributed by atoms with Crippen LogP contribution >= 0.6 is 0 Å². The molecule has 0 aromatic carbocycles.